The third kappa shape index (κ3) is 4.13. The van der Waals surface area contributed by atoms with Gasteiger partial charge in [0, 0.05) is 11.9 Å². The van der Waals surface area contributed by atoms with Gasteiger partial charge in [-0.25, -0.2) is 4.98 Å². The molecule has 0 saturated carbocycles. The van der Waals surface area contributed by atoms with Crippen LogP contribution in [0.3, 0.4) is 0 Å². The summed E-state index contributed by atoms with van der Waals surface area (Å²) in [6.07, 6.45) is 3.06. The Hall–Kier alpha value is -0.790. The first kappa shape index (κ1) is 9.21. The molecule has 0 bridgehead atoms. The first-order valence-corrected chi connectivity index (χ1v) is 3.68. The topological polar surface area (TPSA) is 28.7 Å². The van der Waals surface area contributed by atoms with Gasteiger partial charge in [0.05, 0.1) is 0 Å². The smallest absolute Gasteiger partial charge is 0.103 e. The van der Waals surface area contributed by atoms with Crippen molar-refractivity contribution in [3.05, 3.63) is 17.7 Å². The molecule has 2 nitrogen and oxygen atoms in total. The molecule has 0 amide bonds. The van der Waals surface area contributed by atoms with Gasteiger partial charge >= 0.3 is 0 Å². The van der Waals surface area contributed by atoms with Gasteiger partial charge in [-0.15, -0.1) is 0 Å². The number of imidazole rings is 1. The highest BCUT2D eigenvalue weighted by molar-refractivity contribution is 4.95. The van der Waals surface area contributed by atoms with Crippen molar-refractivity contribution in [2.75, 3.05) is 0 Å². The Morgan fingerprint density at radius 2 is 1.90 bits per heavy atom. The van der Waals surface area contributed by atoms with Crippen LogP contribution in [0.15, 0.2) is 6.20 Å². The van der Waals surface area contributed by atoms with Crippen LogP contribution in [-0.4, -0.2) is 9.97 Å². The molecule has 0 atom stereocenters. The monoisotopic (exact) mass is 140 g/mol. The molecule has 1 rings (SSSR count). The van der Waals surface area contributed by atoms with Crippen molar-refractivity contribution < 1.29 is 0 Å². The first-order valence-electron chi connectivity index (χ1n) is 3.68. The third-order valence-corrected chi connectivity index (χ3v) is 0.830. The van der Waals surface area contributed by atoms with E-state index >= 15 is 0 Å². The van der Waals surface area contributed by atoms with Gasteiger partial charge < -0.3 is 4.98 Å². The molecule has 0 fully saturated rings. The van der Waals surface area contributed by atoms with E-state index in [4.69, 9.17) is 0 Å². The number of aromatic amines is 1. The zero-order chi connectivity index (χ0) is 7.98. The molecule has 2 heteroatoms. The molecule has 0 spiro atoms. The molecule has 0 aliphatic rings. The van der Waals surface area contributed by atoms with E-state index in [0.717, 1.165) is 11.5 Å². The molecule has 1 aromatic rings. The fraction of sp³-hybridized carbons (Fsp3) is 0.625. The summed E-state index contributed by atoms with van der Waals surface area (Å²) in [4.78, 5) is 6.99. The second kappa shape index (κ2) is 5.03. The van der Waals surface area contributed by atoms with Crippen LogP contribution in [0, 0.1) is 13.8 Å². The molecule has 10 heavy (non-hydrogen) atoms. The van der Waals surface area contributed by atoms with Crippen LogP contribution in [-0.2, 0) is 0 Å². The molecule has 1 aromatic heterocycles. The maximum absolute atomic E-state index is 3.96. The molecule has 0 aliphatic heterocycles. The van der Waals surface area contributed by atoms with Gasteiger partial charge in [0.1, 0.15) is 5.82 Å². The van der Waals surface area contributed by atoms with Crippen molar-refractivity contribution in [1.82, 2.24) is 9.97 Å². The number of aryl methyl sites for hydroxylation is 2. The van der Waals surface area contributed by atoms with Crippen LogP contribution in [0.4, 0.5) is 0 Å². The largest absolute Gasteiger partial charge is 0.346 e. The summed E-state index contributed by atoms with van der Waals surface area (Å²) >= 11 is 0. The van der Waals surface area contributed by atoms with Gasteiger partial charge in [-0.2, -0.15) is 0 Å². The van der Waals surface area contributed by atoms with Gasteiger partial charge in [0.15, 0.2) is 0 Å². The molecular formula is C8H16N2. The maximum Gasteiger partial charge on any atom is 0.103 e. The summed E-state index contributed by atoms with van der Waals surface area (Å²) in [5.74, 6) is 0.984. The molecule has 0 aliphatic carbocycles. The van der Waals surface area contributed by atoms with E-state index in [1.54, 1.807) is 0 Å². The second-order valence-corrected chi connectivity index (χ2v) is 2.36. The van der Waals surface area contributed by atoms with E-state index in [-0.39, 0.29) is 0 Å². The van der Waals surface area contributed by atoms with Crippen LogP contribution in [0.5, 0.6) is 0 Å². The van der Waals surface area contributed by atoms with E-state index in [1.165, 1.54) is 6.42 Å². The lowest BCUT2D eigenvalue weighted by Crippen LogP contribution is -1.70. The van der Waals surface area contributed by atoms with Crippen LogP contribution >= 0.6 is 0 Å². The molecule has 0 aromatic carbocycles. The molecule has 0 radical (unpaired) electrons. The lowest BCUT2D eigenvalue weighted by molar-refractivity contribution is 1.09. The predicted molar refractivity (Wildman–Crippen MR) is 44.0 cm³/mol. The quantitative estimate of drug-likeness (QED) is 0.589. The standard InChI is InChI=1S/C5H8N2.C3H8/c1-4-3-6-5(2)7-4;1-3-2/h3H,1-2H3,(H,6,7);3H2,1-2H3. The van der Waals surface area contributed by atoms with Crippen molar-refractivity contribution in [2.24, 2.45) is 0 Å². The molecular weight excluding hydrogens is 124 g/mol. The molecule has 0 unspecified atom stereocenters. The molecule has 1 N–H and O–H groups in total. The second-order valence-electron chi connectivity index (χ2n) is 2.36. The summed E-state index contributed by atoms with van der Waals surface area (Å²) in [5, 5.41) is 0. The van der Waals surface area contributed by atoms with E-state index in [2.05, 4.69) is 23.8 Å². The van der Waals surface area contributed by atoms with Crippen molar-refractivity contribution in [3.63, 3.8) is 0 Å². The number of rotatable bonds is 0. The highest BCUT2D eigenvalue weighted by Gasteiger charge is 1.83. The van der Waals surface area contributed by atoms with E-state index in [9.17, 15) is 0 Å². The van der Waals surface area contributed by atoms with Crippen LogP contribution < -0.4 is 0 Å². The lowest BCUT2D eigenvalue weighted by Gasteiger charge is -1.74. The Kier molecular flexibility index (Phi) is 4.63. The molecule has 58 valence electrons. The average molecular weight is 140 g/mol. The Morgan fingerprint density at radius 1 is 1.40 bits per heavy atom. The minimum Gasteiger partial charge on any atom is -0.346 e. The Balaban J connectivity index is 0.000000236. The van der Waals surface area contributed by atoms with Crippen molar-refractivity contribution >= 4 is 0 Å². The minimum atomic E-state index is 0.984. The van der Waals surface area contributed by atoms with Gasteiger partial charge in [-0.3, -0.25) is 0 Å². The van der Waals surface area contributed by atoms with E-state index in [1.807, 2.05) is 20.0 Å². The molecule has 1 heterocycles. The van der Waals surface area contributed by atoms with E-state index in [0.29, 0.717) is 0 Å². The van der Waals surface area contributed by atoms with E-state index < -0.39 is 0 Å². The molecule has 0 saturated heterocycles. The Morgan fingerprint density at radius 3 is 2.00 bits per heavy atom. The number of nitrogens with zero attached hydrogens (tertiary/aromatic N) is 1. The highest BCUT2D eigenvalue weighted by atomic mass is 14.9. The first-order chi connectivity index (χ1) is 4.70. The zero-order valence-corrected chi connectivity index (χ0v) is 7.23. The Bertz CT molecular complexity index is 151. The minimum absolute atomic E-state index is 0.984. The maximum atomic E-state index is 3.96. The number of hydrogen-bond donors (Lipinski definition) is 1. The normalized spacial score (nSPS) is 8.40. The van der Waals surface area contributed by atoms with Gasteiger partial charge in [-0.05, 0) is 13.8 Å². The van der Waals surface area contributed by atoms with Crippen LogP contribution in [0.25, 0.3) is 0 Å². The fourth-order valence-electron chi connectivity index (χ4n) is 0.544. The number of aromatic nitrogens is 2. The SMILES string of the molecule is CCC.Cc1cnc(C)[nH]1. The number of H-pyrrole nitrogens is 1. The van der Waals surface area contributed by atoms with Gasteiger partial charge in [-0.1, -0.05) is 20.3 Å². The lowest BCUT2D eigenvalue weighted by atomic mass is 10.6. The van der Waals surface area contributed by atoms with Crippen LogP contribution in [0.1, 0.15) is 31.8 Å². The summed E-state index contributed by atoms with van der Waals surface area (Å²) in [5.41, 5.74) is 1.12. The fourth-order valence-corrected chi connectivity index (χ4v) is 0.544. The average Bonchev–Trinajstić information content (AvgIpc) is 2.17. The van der Waals surface area contributed by atoms with Crippen molar-refractivity contribution in [3.8, 4) is 0 Å². The van der Waals surface area contributed by atoms with Crippen molar-refractivity contribution in [1.29, 1.82) is 0 Å². The predicted octanol–water partition coefficient (Wildman–Crippen LogP) is 2.44. The zero-order valence-electron chi connectivity index (χ0n) is 7.23. The summed E-state index contributed by atoms with van der Waals surface area (Å²) < 4.78 is 0. The van der Waals surface area contributed by atoms with Gasteiger partial charge in [0.25, 0.3) is 0 Å². The van der Waals surface area contributed by atoms with Gasteiger partial charge in [0.2, 0.25) is 0 Å². The summed E-state index contributed by atoms with van der Waals surface area (Å²) in [6, 6.07) is 0. The summed E-state index contributed by atoms with van der Waals surface area (Å²) in [6.45, 7) is 8.17. The van der Waals surface area contributed by atoms with Crippen molar-refractivity contribution in [2.45, 2.75) is 34.1 Å². The highest BCUT2D eigenvalue weighted by Crippen LogP contribution is 1.89. The Labute approximate surface area is 62.7 Å². The summed E-state index contributed by atoms with van der Waals surface area (Å²) in [7, 11) is 0. The third-order valence-electron chi connectivity index (χ3n) is 0.830. The number of hydrogen-bond acceptors (Lipinski definition) is 1. The number of nitrogens with one attached hydrogen (secondary N) is 1. The van der Waals surface area contributed by atoms with Crippen LogP contribution in [0.2, 0.25) is 0 Å².